The number of nitrogens with zero attached hydrogens (tertiary/aromatic N) is 1. The van der Waals surface area contributed by atoms with Gasteiger partial charge in [-0.15, -0.1) is 0 Å². The highest BCUT2D eigenvalue weighted by Crippen LogP contribution is 2.32. The van der Waals surface area contributed by atoms with E-state index >= 15 is 0 Å². The molecule has 0 aliphatic carbocycles. The van der Waals surface area contributed by atoms with Gasteiger partial charge in [0.25, 0.3) is 5.91 Å². The van der Waals surface area contributed by atoms with Gasteiger partial charge in [0.1, 0.15) is 24.0 Å². The van der Waals surface area contributed by atoms with Crippen molar-refractivity contribution in [3.8, 4) is 0 Å². The van der Waals surface area contributed by atoms with Crippen LogP contribution in [-0.2, 0) is 14.3 Å². The largest absolute Gasteiger partial charge is 1.00 e. The number of halogens is 2. The van der Waals surface area contributed by atoms with Crippen molar-refractivity contribution >= 4 is 62.2 Å². The Kier molecular flexibility index (Phi) is 9.09. The molecular formula is C16H18BrClN2O3S2. The van der Waals surface area contributed by atoms with Gasteiger partial charge in [-0.05, 0) is 23.8 Å². The van der Waals surface area contributed by atoms with E-state index in [1.807, 2.05) is 38.4 Å². The molecule has 25 heavy (non-hydrogen) atoms. The molecule has 1 aliphatic rings. The lowest BCUT2D eigenvalue weighted by atomic mass is 10.2. The van der Waals surface area contributed by atoms with E-state index < -0.39 is 5.97 Å². The van der Waals surface area contributed by atoms with Gasteiger partial charge >= 0.3 is 5.97 Å². The molecule has 0 bridgehead atoms. The lowest BCUT2D eigenvalue weighted by molar-refractivity contribution is -0.858. The maximum atomic E-state index is 12.4. The molecule has 0 radical (unpaired) electrons. The lowest BCUT2D eigenvalue weighted by Crippen LogP contribution is -3.06. The van der Waals surface area contributed by atoms with Crippen LogP contribution in [0.15, 0.2) is 33.6 Å². The van der Waals surface area contributed by atoms with Gasteiger partial charge in [0, 0.05) is 4.47 Å². The van der Waals surface area contributed by atoms with Gasteiger partial charge in [-0.25, -0.2) is 0 Å². The molecule has 0 atom stereocenters. The molecule has 1 aromatic carbocycles. The van der Waals surface area contributed by atoms with E-state index in [1.54, 1.807) is 6.08 Å². The molecule has 1 aromatic rings. The molecule has 1 saturated heterocycles. The summed E-state index contributed by atoms with van der Waals surface area (Å²) >= 11 is 9.81. The summed E-state index contributed by atoms with van der Waals surface area (Å²) in [5.41, 5.74) is 0.890. The Morgan fingerprint density at radius 2 is 2.16 bits per heavy atom. The number of likely N-dealkylation sites (N-methyl/N-ethyl adjacent to an activating group) is 1. The van der Waals surface area contributed by atoms with Gasteiger partial charge in [0.05, 0.1) is 19.0 Å². The second kappa shape index (κ2) is 10.3. The minimum absolute atomic E-state index is 0. The normalized spacial score (nSPS) is 15.7. The number of thioether (sulfide) groups is 1. The number of nitrogens with one attached hydrogen (secondary N) is 1. The molecule has 2 rings (SSSR count). The van der Waals surface area contributed by atoms with Crippen molar-refractivity contribution in [3.05, 3.63) is 39.2 Å². The first-order valence-electron chi connectivity index (χ1n) is 7.32. The standard InChI is InChI=1S/C16H17BrN2O3S2.ClH/c1-18(2)6-7-22-14(20)10-19-15(21)13(24-16(19)23)9-11-4-3-5-12(17)8-11;/h3-5,8-9H,6-7,10H2,1-2H3;1H. The highest BCUT2D eigenvalue weighted by atomic mass is 79.9. The number of hydrogen-bond donors (Lipinski definition) is 1. The van der Waals surface area contributed by atoms with Crippen LogP contribution < -0.4 is 17.3 Å². The number of ether oxygens (including phenoxy) is 1. The van der Waals surface area contributed by atoms with Gasteiger partial charge in [0.2, 0.25) is 0 Å². The molecule has 1 amide bonds. The zero-order valence-corrected chi connectivity index (χ0v) is 17.7. The minimum atomic E-state index is -0.448. The predicted octanol–water partition coefficient (Wildman–Crippen LogP) is -1.66. The number of carbonyl (C=O) groups excluding carboxylic acids is 2. The van der Waals surface area contributed by atoms with Crippen LogP contribution >= 0.6 is 39.9 Å². The number of hydrogen-bond acceptors (Lipinski definition) is 5. The Morgan fingerprint density at radius 1 is 1.44 bits per heavy atom. The Morgan fingerprint density at radius 3 is 2.80 bits per heavy atom. The summed E-state index contributed by atoms with van der Waals surface area (Å²) in [6, 6.07) is 7.61. The Bertz CT molecular complexity index is 698. The molecule has 1 heterocycles. The molecule has 9 heteroatoms. The van der Waals surface area contributed by atoms with Gasteiger partial charge in [-0.2, -0.15) is 0 Å². The number of carbonyl (C=O) groups is 2. The van der Waals surface area contributed by atoms with E-state index in [4.69, 9.17) is 17.0 Å². The molecule has 0 spiro atoms. The van der Waals surface area contributed by atoms with Crippen LogP contribution in [-0.4, -0.2) is 54.9 Å². The molecule has 136 valence electrons. The summed E-state index contributed by atoms with van der Waals surface area (Å²) in [6.07, 6.45) is 1.77. The fraction of sp³-hybridized carbons (Fsp3) is 0.312. The SMILES string of the molecule is C[NH+](C)CCOC(=O)CN1C(=O)C(=Cc2cccc(Br)c2)SC1=S.[Cl-]. The molecule has 1 aliphatic heterocycles. The van der Waals surface area contributed by atoms with Gasteiger partial charge in [0.15, 0.2) is 0 Å². The van der Waals surface area contributed by atoms with Gasteiger partial charge < -0.3 is 22.0 Å². The van der Waals surface area contributed by atoms with Crippen LogP contribution in [0.3, 0.4) is 0 Å². The summed E-state index contributed by atoms with van der Waals surface area (Å²) in [6.45, 7) is 0.889. The zero-order chi connectivity index (χ0) is 17.7. The maximum Gasteiger partial charge on any atom is 0.326 e. The summed E-state index contributed by atoms with van der Waals surface area (Å²) in [5.74, 6) is -0.712. The average molecular weight is 466 g/mol. The van der Waals surface area contributed by atoms with Crippen LogP contribution in [0.4, 0.5) is 0 Å². The highest BCUT2D eigenvalue weighted by molar-refractivity contribution is 9.10. The molecule has 0 aromatic heterocycles. The van der Waals surface area contributed by atoms with Crippen LogP contribution in [0.2, 0.25) is 0 Å². The molecule has 1 fully saturated rings. The molecule has 0 unspecified atom stereocenters. The summed E-state index contributed by atoms with van der Waals surface area (Å²) in [7, 11) is 3.95. The van der Waals surface area contributed by atoms with Crippen molar-refractivity contribution in [2.45, 2.75) is 0 Å². The number of thiocarbonyl (C=S) groups is 1. The van der Waals surface area contributed by atoms with E-state index in [0.29, 0.717) is 22.4 Å². The van der Waals surface area contributed by atoms with Crippen LogP contribution in [0, 0.1) is 0 Å². The third kappa shape index (κ3) is 6.71. The fourth-order valence-corrected chi connectivity index (χ4v) is 3.60. The van der Waals surface area contributed by atoms with E-state index in [-0.39, 0.29) is 24.9 Å². The van der Waals surface area contributed by atoms with Crippen LogP contribution in [0.5, 0.6) is 0 Å². The van der Waals surface area contributed by atoms with Crippen molar-refractivity contribution in [1.29, 1.82) is 0 Å². The molecule has 0 saturated carbocycles. The monoisotopic (exact) mass is 464 g/mol. The van der Waals surface area contributed by atoms with E-state index in [9.17, 15) is 9.59 Å². The molecular weight excluding hydrogens is 448 g/mol. The third-order valence-electron chi connectivity index (χ3n) is 3.17. The number of rotatable bonds is 6. The zero-order valence-electron chi connectivity index (χ0n) is 13.8. The van der Waals surface area contributed by atoms with Crippen molar-refractivity contribution in [1.82, 2.24) is 4.90 Å². The van der Waals surface area contributed by atoms with E-state index in [0.717, 1.165) is 10.0 Å². The van der Waals surface area contributed by atoms with Crippen molar-refractivity contribution in [3.63, 3.8) is 0 Å². The first-order valence-corrected chi connectivity index (χ1v) is 9.34. The van der Waals surface area contributed by atoms with Crippen LogP contribution in [0.1, 0.15) is 5.56 Å². The smallest absolute Gasteiger partial charge is 0.326 e. The Balaban J connectivity index is 0.00000312. The summed E-state index contributed by atoms with van der Waals surface area (Å²) < 4.78 is 6.43. The number of esters is 1. The Labute approximate surface area is 171 Å². The maximum absolute atomic E-state index is 12.4. The first-order chi connectivity index (χ1) is 11.4. The predicted molar refractivity (Wildman–Crippen MR) is 103 cm³/mol. The minimum Gasteiger partial charge on any atom is -1.00 e. The number of quaternary nitrogens is 1. The number of amides is 1. The Hall–Kier alpha value is -0.930. The summed E-state index contributed by atoms with van der Waals surface area (Å²) in [4.78, 5) is 27.3. The topological polar surface area (TPSA) is 51.1 Å². The van der Waals surface area contributed by atoms with E-state index in [1.165, 1.54) is 21.6 Å². The second-order valence-electron chi connectivity index (χ2n) is 5.50. The van der Waals surface area contributed by atoms with Gasteiger partial charge in [-0.3, -0.25) is 14.5 Å². The molecule has 1 N–H and O–H groups in total. The van der Waals surface area contributed by atoms with Crippen LogP contribution in [0.25, 0.3) is 6.08 Å². The van der Waals surface area contributed by atoms with Crippen molar-refractivity contribution in [2.75, 3.05) is 33.8 Å². The van der Waals surface area contributed by atoms with Crippen molar-refractivity contribution < 1.29 is 31.6 Å². The first kappa shape index (κ1) is 22.1. The van der Waals surface area contributed by atoms with Gasteiger partial charge in [-0.1, -0.05) is 52.0 Å². The average Bonchev–Trinajstić information content (AvgIpc) is 2.74. The van der Waals surface area contributed by atoms with Crippen molar-refractivity contribution in [2.24, 2.45) is 0 Å². The highest BCUT2D eigenvalue weighted by Gasteiger charge is 2.33. The summed E-state index contributed by atoms with van der Waals surface area (Å²) in [5, 5.41) is 0. The van der Waals surface area contributed by atoms with E-state index in [2.05, 4.69) is 15.9 Å². The third-order valence-corrected chi connectivity index (χ3v) is 5.04. The second-order valence-corrected chi connectivity index (χ2v) is 8.09. The fourth-order valence-electron chi connectivity index (χ4n) is 1.93. The molecule has 5 nitrogen and oxygen atoms in total. The lowest BCUT2D eigenvalue weighted by Gasteiger charge is -2.14. The number of benzene rings is 1. The quantitative estimate of drug-likeness (QED) is 0.310.